The Hall–Kier alpha value is -1.07. The maximum absolute atomic E-state index is 10.3. The summed E-state index contributed by atoms with van der Waals surface area (Å²) in [5, 5.41) is 10.7. The molecule has 2 aliphatic carbocycles. The Morgan fingerprint density at radius 2 is 2.17 bits per heavy atom. The summed E-state index contributed by atoms with van der Waals surface area (Å²) in [6, 6.07) is 1.93. The summed E-state index contributed by atoms with van der Waals surface area (Å²) in [6.07, 6.45) is 2.07. The van der Waals surface area contributed by atoms with Gasteiger partial charge >= 0.3 is 0 Å². The molecule has 5 unspecified atom stereocenters. The fourth-order valence-corrected chi connectivity index (χ4v) is 4.43. The minimum Gasteiger partial charge on any atom is -0.391 e. The van der Waals surface area contributed by atoms with Gasteiger partial charge in [0.25, 0.3) is 0 Å². The number of aliphatic hydroxyl groups excluding tert-OH is 1. The lowest BCUT2D eigenvalue weighted by atomic mass is 9.88. The molecule has 3 N–H and O–H groups in total. The van der Waals surface area contributed by atoms with Gasteiger partial charge in [0.1, 0.15) is 11.0 Å². The number of anilines is 2. The van der Waals surface area contributed by atoms with Crippen molar-refractivity contribution in [3.05, 3.63) is 11.2 Å². The van der Waals surface area contributed by atoms with Crippen LogP contribution in [0, 0.1) is 17.8 Å². The molecule has 3 aliphatic rings. The van der Waals surface area contributed by atoms with E-state index in [-0.39, 0.29) is 18.1 Å². The van der Waals surface area contributed by atoms with Crippen molar-refractivity contribution in [2.75, 3.05) is 17.2 Å². The third-order valence-electron chi connectivity index (χ3n) is 4.84. The molecule has 0 radical (unpaired) electrons. The standard InChI is InChI=1S/C12H15ClN4O/c13-8-3-9(16-12(14)15-8)17-4-6-1-5-2-7(6)10(17)11(5)18/h3,5-7,10-11,18H,1-2,4H2,(H2,14,15,16). The molecule has 96 valence electrons. The zero-order valence-corrected chi connectivity index (χ0v) is 10.6. The van der Waals surface area contributed by atoms with Crippen molar-refractivity contribution in [3.63, 3.8) is 0 Å². The molecule has 5 atom stereocenters. The zero-order chi connectivity index (χ0) is 12.4. The van der Waals surface area contributed by atoms with Gasteiger partial charge in [0.05, 0.1) is 12.1 Å². The van der Waals surface area contributed by atoms with Gasteiger partial charge in [-0.15, -0.1) is 0 Å². The maximum Gasteiger partial charge on any atom is 0.223 e. The van der Waals surface area contributed by atoms with E-state index in [1.54, 1.807) is 6.07 Å². The van der Waals surface area contributed by atoms with Crippen LogP contribution in [0.3, 0.4) is 0 Å². The van der Waals surface area contributed by atoms with Crippen LogP contribution in [0.4, 0.5) is 11.8 Å². The van der Waals surface area contributed by atoms with Gasteiger partial charge in [0.15, 0.2) is 0 Å². The molecule has 4 rings (SSSR count). The first-order valence-electron chi connectivity index (χ1n) is 6.38. The molecule has 2 saturated carbocycles. The van der Waals surface area contributed by atoms with Gasteiger partial charge in [0, 0.05) is 12.6 Å². The highest BCUT2D eigenvalue weighted by atomic mass is 35.5. The van der Waals surface area contributed by atoms with Crippen LogP contribution in [0.5, 0.6) is 0 Å². The van der Waals surface area contributed by atoms with E-state index in [2.05, 4.69) is 14.9 Å². The number of halogens is 1. The molecule has 0 spiro atoms. The average Bonchev–Trinajstić information content (AvgIpc) is 2.87. The largest absolute Gasteiger partial charge is 0.391 e. The fraction of sp³-hybridized carbons (Fsp3) is 0.667. The monoisotopic (exact) mass is 266 g/mol. The van der Waals surface area contributed by atoms with Crippen LogP contribution < -0.4 is 10.6 Å². The molecular weight excluding hydrogens is 252 g/mol. The SMILES string of the molecule is Nc1nc(Cl)cc(N2CC3CC4CC3C2C4O)n1. The van der Waals surface area contributed by atoms with Crippen molar-refractivity contribution < 1.29 is 5.11 Å². The molecule has 5 nitrogen and oxygen atoms in total. The number of rotatable bonds is 1. The Bertz CT molecular complexity index is 489. The van der Waals surface area contributed by atoms with Gasteiger partial charge in [-0.25, -0.2) is 4.98 Å². The summed E-state index contributed by atoms with van der Waals surface area (Å²) in [6.45, 7) is 0.954. The molecule has 2 bridgehead atoms. The Labute approximate surface area is 110 Å². The van der Waals surface area contributed by atoms with Crippen LogP contribution in [0.25, 0.3) is 0 Å². The van der Waals surface area contributed by atoms with E-state index in [0.717, 1.165) is 25.2 Å². The highest BCUT2D eigenvalue weighted by Gasteiger charge is 2.59. The third-order valence-corrected chi connectivity index (χ3v) is 5.04. The van der Waals surface area contributed by atoms with Crippen molar-refractivity contribution >= 4 is 23.4 Å². The van der Waals surface area contributed by atoms with Crippen LogP contribution >= 0.6 is 11.6 Å². The van der Waals surface area contributed by atoms with Crippen molar-refractivity contribution in [3.8, 4) is 0 Å². The quantitative estimate of drug-likeness (QED) is 0.740. The molecule has 6 heteroatoms. The predicted octanol–water partition coefficient (Wildman–Crippen LogP) is 0.918. The molecule has 1 saturated heterocycles. The minimum absolute atomic E-state index is 0.194. The van der Waals surface area contributed by atoms with E-state index in [1.807, 2.05) is 0 Å². The molecular formula is C12H15ClN4O. The normalized spacial score (nSPS) is 40.8. The molecule has 0 amide bonds. The van der Waals surface area contributed by atoms with Crippen molar-refractivity contribution in [1.29, 1.82) is 0 Å². The highest BCUT2D eigenvalue weighted by Crippen LogP contribution is 2.55. The van der Waals surface area contributed by atoms with Gasteiger partial charge in [-0.05, 0) is 30.6 Å². The third kappa shape index (κ3) is 1.32. The number of nitrogens with two attached hydrogens (primary N) is 1. The second-order valence-corrected chi connectivity index (χ2v) is 6.08. The Kier molecular flexibility index (Phi) is 2.09. The molecule has 1 aliphatic heterocycles. The summed E-state index contributed by atoms with van der Waals surface area (Å²) < 4.78 is 0. The number of aliphatic hydroxyl groups is 1. The number of hydrogen-bond acceptors (Lipinski definition) is 5. The van der Waals surface area contributed by atoms with E-state index in [9.17, 15) is 5.11 Å². The van der Waals surface area contributed by atoms with Crippen LogP contribution in [0.2, 0.25) is 5.15 Å². The second kappa shape index (κ2) is 3.48. The summed E-state index contributed by atoms with van der Waals surface area (Å²) in [4.78, 5) is 10.3. The van der Waals surface area contributed by atoms with E-state index in [0.29, 0.717) is 22.9 Å². The summed E-state index contributed by atoms with van der Waals surface area (Å²) in [5.41, 5.74) is 5.65. The summed E-state index contributed by atoms with van der Waals surface area (Å²) in [5.74, 6) is 2.73. The van der Waals surface area contributed by atoms with Crippen LogP contribution in [0.15, 0.2) is 6.07 Å². The molecule has 18 heavy (non-hydrogen) atoms. The lowest BCUT2D eigenvalue weighted by Crippen LogP contribution is -2.41. The maximum atomic E-state index is 10.3. The van der Waals surface area contributed by atoms with Crippen LogP contribution in [-0.2, 0) is 0 Å². The van der Waals surface area contributed by atoms with E-state index in [1.165, 1.54) is 0 Å². The average molecular weight is 267 g/mol. The minimum atomic E-state index is -0.233. The van der Waals surface area contributed by atoms with Crippen LogP contribution in [-0.4, -0.2) is 33.8 Å². The fourth-order valence-electron chi connectivity index (χ4n) is 4.25. The van der Waals surface area contributed by atoms with Crippen LogP contribution in [0.1, 0.15) is 12.8 Å². The number of aromatic nitrogens is 2. The first-order chi connectivity index (χ1) is 8.63. The topological polar surface area (TPSA) is 75.3 Å². The summed E-state index contributed by atoms with van der Waals surface area (Å²) >= 11 is 5.93. The van der Waals surface area contributed by atoms with Gasteiger partial charge in [-0.1, -0.05) is 11.6 Å². The number of nitrogen functional groups attached to an aromatic ring is 1. The van der Waals surface area contributed by atoms with Gasteiger partial charge in [-0.2, -0.15) is 4.98 Å². The highest BCUT2D eigenvalue weighted by molar-refractivity contribution is 6.29. The Morgan fingerprint density at radius 1 is 1.33 bits per heavy atom. The second-order valence-electron chi connectivity index (χ2n) is 5.70. The predicted molar refractivity (Wildman–Crippen MR) is 68.3 cm³/mol. The van der Waals surface area contributed by atoms with Crippen molar-refractivity contribution in [2.24, 2.45) is 17.8 Å². The lowest BCUT2D eigenvalue weighted by molar-refractivity contribution is 0.0965. The lowest BCUT2D eigenvalue weighted by Gasteiger charge is -2.29. The molecule has 1 aromatic heterocycles. The summed E-state index contributed by atoms with van der Waals surface area (Å²) in [7, 11) is 0. The van der Waals surface area contributed by atoms with E-state index in [4.69, 9.17) is 17.3 Å². The Morgan fingerprint density at radius 3 is 2.89 bits per heavy atom. The van der Waals surface area contributed by atoms with Crippen molar-refractivity contribution in [1.82, 2.24) is 9.97 Å². The molecule has 3 fully saturated rings. The molecule has 2 heterocycles. The first-order valence-corrected chi connectivity index (χ1v) is 6.76. The number of hydrogen-bond donors (Lipinski definition) is 2. The number of nitrogens with zero attached hydrogens (tertiary/aromatic N) is 3. The van der Waals surface area contributed by atoms with Gasteiger partial charge in [0.2, 0.25) is 5.95 Å². The molecule has 0 aromatic carbocycles. The first kappa shape index (κ1) is 10.8. The van der Waals surface area contributed by atoms with Gasteiger partial charge in [-0.3, -0.25) is 0 Å². The zero-order valence-electron chi connectivity index (χ0n) is 9.83. The van der Waals surface area contributed by atoms with E-state index < -0.39 is 0 Å². The number of fused-ring (bicyclic) bond motifs is 1. The smallest absolute Gasteiger partial charge is 0.223 e. The molecule has 1 aromatic rings. The van der Waals surface area contributed by atoms with Crippen molar-refractivity contribution in [2.45, 2.75) is 25.0 Å². The Balaban J connectivity index is 1.74. The van der Waals surface area contributed by atoms with E-state index >= 15 is 0 Å². The van der Waals surface area contributed by atoms with Gasteiger partial charge < -0.3 is 15.7 Å².